The Morgan fingerprint density at radius 3 is 2.38 bits per heavy atom. The van der Waals surface area contributed by atoms with E-state index >= 15 is 0 Å². The summed E-state index contributed by atoms with van der Waals surface area (Å²) in [6, 6.07) is 0. The molecule has 3 fully saturated rings. The van der Waals surface area contributed by atoms with Crippen LogP contribution in [0.1, 0.15) is 79.1 Å². The molecule has 2 nitrogen and oxygen atoms in total. The fourth-order valence-corrected chi connectivity index (χ4v) is 6.37. The second kappa shape index (κ2) is 4.96. The summed E-state index contributed by atoms with van der Waals surface area (Å²) in [4.78, 5) is 0. The molecule has 5 atom stereocenters. The lowest BCUT2D eigenvalue weighted by Gasteiger charge is -2.48. The monoisotopic (exact) mass is 294 g/mol. The number of hydrogen-bond acceptors (Lipinski definition) is 2. The quantitative estimate of drug-likeness (QED) is 0.818. The van der Waals surface area contributed by atoms with Gasteiger partial charge in [0.1, 0.15) is 0 Å². The molecule has 0 aromatic rings. The molecule has 1 unspecified atom stereocenters. The Labute approximate surface area is 130 Å². The van der Waals surface area contributed by atoms with E-state index in [-0.39, 0.29) is 6.10 Å². The summed E-state index contributed by atoms with van der Waals surface area (Å²) in [6.45, 7) is 8.72. The molecule has 3 aliphatic carbocycles. The number of rotatable bonds is 4. The van der Waals surface area contributed by atoms with Crippen LogP contribution in [0, 0.1) is 28.6 Å². The van der Waals surface area contributed by atoms with Crippen LogP contribution in [0.25, 0.3) is 0 Å². The summed E-state index contributed by atoms with van der Waals surface area (Å²) in [5.41, 5.74) is 0.253. The molecule has 21 heavy (non-hydrogen) atoms. The molecule has 2 heteroatoms. The van der Waals surface area contributed by atoms with E-state index in [4.69, 9.17) is 0 Å². The molecule has 0 aliphatic heterocycles. The van der Waals surface area contributed by atoms with Crippen molar-refractivity contribution in [3.8, 4) is 0 Å². The smallest absolute Gasteiger partial charge is 0.0594 e. The minimum absolute atomic E-state index is 0.0610. The van der Waals surface area contributed by atoms with Crippen molar-refractivity contribution in [3.63, 3.8) is 0 Å². The Balaban J connectivity index is 1.80. The number of aliphatic hydroxyl groups is 2. The van der Waals surface area contributed by atoms with Gasteiger partial charge in [0.25, 0.3) is 0 Å². The van der Waals surface area contributed by atoms with Gasteiger partial charge >= 0.3 is 0 Å². The maximum atomic E-state index is 10.4. The third kappa shape index (κ3) is 2.57. The van der Waals surface area contributed by atoms with Crippen LogP contribution >= 0.6 is 0 Å². The average molecular weight is 294 g/mol. The van der Waals surface area contributed by atoms with Crippen LogP contribution in [-0.2, 0) is 0 Å². The fourth-order valence-electron chi connectivity index (χ4n) is 6.37. The van der Waals surface area contributed by atoms with Crippen LogP contribution in [0.5, 0.6) is 0 Å². The number of aliphatic hydroxyl groups excluding tert-OH is 1. The van der Waals surface area contributed by atoms with Crippen molar-refractivity contribution in [2.24, 2.45) is 28.6 Å². The maximum Gasteiger partial charge on any atom is 0.0594 e. The lowest BCUT2D eigenvalue weighted by atomic mass is 9.58. The molecule has 0 aromatic carbocycles. The highest BCUT2D eigenvalue weighted by atomic mass is 16.3. The summed E-state index contributed by atoms with van der Waals surface area (Å²) < 4.78 is 0. The maximum absolute atomic E-state index is 10.4. The van der Waals surface area contributed by atoms with E-state index in [9.17, 15) is 10.2 Å². The summed E-state index contributed by atoms with van der Waals surface area (Å²) in [5, 5.41) is 20.7. The third-order valence-corrected chi connectivity index (χ3v) is 7.40. The third-order valence-electron chi connectivity index (χ3n) is 7.40. The first-order valence-corrected chi connectivity index (χ1v) is 9.09. The van der Waals surface area contributed by atoms with E-state index in [2.05, 4.69) is 13.8 Å². The van der Waals surface area contributed by atoms with E-state index in [1.165, 1.54) is 38.5 Å². The van der Waals surface area contributed by atoms with Crippen molar-refractivity contribution in [3.05, 3.63) is 0 Å². The number of fused-ring (bicyclic) bond motifs is 1. The van der Waals surface area contributed by atoms with E-state index < -0.39 is 5.60 Å². The van der Waals surface area contributed by atoms with Gasteiger partial charge in [0, 0.05) is 0 Å². The van der Waals surface area contributed by atoms with Gasteiger partial charge in [-0.15, -0.1) is 0 Å². The SMILES string of the molecule is CC(CC(C)(C)O)C1([C@@H]2CC[C@@H]3[C@H](O)CCC[C@]32C)CC1. The molecule has 0 radical (unpaired) electrons. The van der Waals surface area contributed by atoms with Gasteiger partial charge in [0.05, 0.1) is 11.7 Å². The van der Waals surface area contributed by atoms with Crippen molar-refractivity contribution in [1.29, 1.82) is 0 Å². The first-order valence-electron chi connectivity index (χ1n) is 9.09. The molecular weight excluding hydrogens is 260 g/mol. The van der Waals surface area contributed by atoms with Gasteiger partial charge in [-0.2, -0.15) is 0 Å². The zero-order chi connectivity index (χ0) is 15.5. The van der Waals surface area contributed by atoms with Gasteiger partial charge < -0.3 is 10.2 Å². The molecule has 2 N–H and O–H groups in total. The molecule has 0 heterocycles. The summed E-state index contributed by atoms with van der Waals surface area (Å²) in [7, 11) is 0. The summed E-state index contributed by atoms with van der Waals surface area (Å²) in [5.74, 6) is 1.89. The molecule has 0 bridgehead atoms. The van der Waals surface area contributed by atoms with Gasteiger partial charge in [0.15, 0.2) is 0 Å². The minimum atomic E-state index is -0.556. The number of hydrogen-bond donors (Lipinski definition) is 2. The van der Waals surface area contributed by atoms with Crippen LogP contribution in [0.4, 0.5) is 0 Å². The lowest BCUT2D eigenvalue weighted by Crippen LogP contribution is -2.44. The van der Waals surface area contributed by atoms with Crippen molar-refractivity contribution in [2.75, 3.05) is 0 Å². The second-order valence-corrected chi connectivity index (χ2v) is 9.35. The normalized spacial score (nSPS) is 43.4. The molecule has 122 valence electrons. The van der Waals surface area contributed by atoms with E-state index in [0.717, 1.165) is 18.8 Å². The standard InChI is InChI=1S/C19H34O2/c1-13(12-17(2,3)21)19(10-11-19)16-8-7-14-15(20)6-5-9-18(14,16)4/h13-16,20-21H,5-12H2,1-4H3/t13?,14-,15-,16-,18-/m1/s1. The van der Waals surface area contributed by atoms with Gasteiger partial charge in [-0.3, -0.25) is 0 Å². The largest absolute Gasteiger partial charge is 0.393 e. The van der Waals surface area contributed by atoms with Crippen LogP contribution < -0.4 is 0 Å². The molecular formula is C19H34O2. The predicted molar refractivity (Wildman–Crippen MR) is 85.9 cm³/mol. The zero-order valence-electron chi connectivity index (χ0n) is 14.4. The van der Waals surface area contributed by atoms with Crippen LogP contribution in [0.2, 0.25) is 0 Å². The topological polar surface area (TPSA) is 40.5 Å². The fraction of sp³-hybridized carbons (Fsp3) is 1.00. The van der Waals surface area contributed by atoms with Crippen LogP contribution in [0.15, 0.2) is 0 Å². The van der Waals surface area contributed by atoms with Gasteiger partial charge in [0.2, 0.25) is 0 Å². The van der Waals surface area contributed by atoms with Gasteiger partial charge in [-0.1, -0.05) is 20.3 Å². The molecule has 0 aromatic heterocycles. The summed E-state index contributed by atoms with van der Waals surface area (Å²) in [6.07, 6.45) is 9.56. The van der Waals surface area contributed by atoms with E-state index in [1.807, 2.05) is 13.8 Å². The van der Waals surface area contributed by atoms with Gasteiger partial charge in [-0.05, 0) is 87.4 Å². The highest BCUT2D eigenvalue weighted by Crippen LogP contribution is 2.70. The Hall–Kier alpha value is -0.0800. The highest BCUT2D eigenvalue weighted by Gasteiger charge is 2.63. The van der Waals surface area contributed by atoms with E-state index in [1.54, 1.807) is 0 Å². The Morgan fingerprint density at radius 1 is 1.14 bits per heavy atom. The Bertz CT molecular complexity index is 393. The summed E-state index contributed by atoms with van der Waals surface area (Å²) >= 11 is 0. The molecule has 0 spiro atoms. The van der Waals surface area contributed by atoms with Gasteiger partial charge in [-0.25, -0.2) is 0 Å². The van der Waals surface area contributed by atoms with Crippen molar-refractivity contribution in [1.82, 2.24) is 0 Å². The lowest BCUT2D eigenvalue weighted by molar-refractivity contribution is -0.0475. The average Bonchev–Trinajstić information content (AvgIpc) is 3.06. The molecule has 0 saturated heterocycles. The predicted octanol–water partition coefficient (Wildman–Crippen LogP) is 4.14. The Kier molecular flexibility index (Phi) is 3.73. The second-order valence-electron chi connectivity index (χ2n) is 9.35. The van der Waals surface area contributed by atoms with Crippen molar-refractivity contribution >= 4 is 0 Å². The van der Waals surface area contributed by atoms with E-state index in [0.29, 0.717) is 22.7 Å². The molecule has 3 rings (SSSR count). The molecule has 3 saturated carbocycles. The van der Waals surface area contributed by atoms with Crippen molar-refractivity contribution < 1.29 is 10.2 Å². The van der Waals surface area contributed by atoms with Crippen LogP contribution in [-0.4, -0.2) is 21.9 Å². The Morgan fingerprint density at radius 2 is 1.81 bits per heavy atom. The first-order chi connectivity index (χ1) is 9.69. The highest BCUT2D eigenvalue weighted by molar-refractivity contribution is 5.12. The van der Waals surface area contributed by atoms with Crippen LogP contribution in [0.3, 0.4) is 0 Å². The first kappa shape index (κ1) is 15.8. The zero-order valence-corrected chi connectivity index (χ0v) is 14.4. The minimum Gasteiger partial charge on any atom is -0.393 e. The molecule has 0 amide bonds. The van der Waals surface area contributed by atoms with Crippen molar-refractivity contribution in [2.45, 2.75) is 90.8 Å². The molecule has 3 aliphatic rings.